The molecule has 1 aromatic rings. The van der Waals surface area contributed by atoms with Gasteiger partial charge in [0.05, 0.1) is 35.0 Å². The summed E-state index contributed by atoms with van der Waals surface area (Å²) in [5.41, 5.74) is 1.10. The van der Waals surface area contributed by atoms with Crippen LogP contribution >= 0.6 is 0 Å². The zero-order valence-electron chi connectivity index (χ0n) is 12.3. The molecule has 7 heteroatoms. The van der Waals surface area contributed by atoms with Crippen molar-refractivity contribution in [2.45, 2.75) is 39.7 Å². The maximum absolute atomic E-state index is 12.0. The first-order valence-electron chi connectivity index (χ1n) is 6.64. The molecule has 1 aliphatic heterocycles. The third-order valence-corrected chi connectivity index (χ3v) is 5.65. The highest BCUT2D eigenvalue weighted by Gasteiger charge is 2.42. The van der Waals surface area contributed by atoms with Crippen molar-refractivity contribution >= 4 is 15.8 Å². The minimum absolute atomic E-state index is 0.0597. The maximum Gasteiger partial charge on any atom is 0.341 e. The number of aromatic nitrogens is 2. The zero-order chi connectivity index (χ0) is 15.1. The summed E-state index contributed by atoms with van der Waals surface area (Å²) in [6.45, 7) is 7.43. The smallest absolute Gasteiger partial charge is 0.341 e. The van der Waals surface area contributed by atoms with E-state index in [-0.39, 0.29) is 11.5 Å². The number of nitrogens with zero attached hydrogens (tertiary/aromatic N) is 2. The fourth-order valence-corrected chi connectivity index (χ4v) is 4.94. The van der Waals surface area contributed by atoms with Crippen LogP contribution in [-0.2, 0) is 20.1 Å². The van der Waals surface area contributed by atoms with E-state index in [1.807, 2.05) is 6.92 Å². The van der Waals surface area contributed by atoms with Crippen molar-refractivity contribution in [1.82, 2.24) is 9.78 Å². The molecule has 1 atom stereocenters. The largest absolute Gasteiger partial charge is 0.462 e. The average molecular weight is 300 g/mol. The summed E-state index contributed by atoms with van der Waals surface area (Å²) in [5, 5.41) is 4.38. The first-order valence-corrected chi connectivity index (χ1v) is 8.46. The van der Waals surface area contributed by atoms with Gasteiger partial charge in [-0.15, -0.1) is 0 Å². The van der Waals surface area contributed by atoms with E-state index in [1.54, 1.807) is 25.5 Å². The van der Waals surface area contributed by atoms with Gasteiger partial charge in [0.15, 0.2) is 9.84 Å². The van der Waals surface area contributed by atoms with Crippen molar-refractivity contribution in [2.75, 3.05) is 18.1 Å². The summed E-state index contributed by atoms with van der Waals surface area (Å²) in [5.74, 6) is -0.181. The van der Waals surface area contributed by atoms with Crippen molar-refractivity contribution in [2.24, 2.45) is 0 Å². The van der Waals surface area contributed by atoms with Gasteiger partial charge in [0.25, 0.3) is 0 Å². The molecular formula is C13H20N2O4S. The van der Waals surface area contributed by atoms with Gasteiger partial charge < -0.3 is 4.74 Å². The molecular weight excluding hydrogens is 280 g/mol. The highest BCUT2D eigenvalue weighted by atomic mass is 32.2. The number of hydrogen-bond donors (Lipinski definition) is 0. The van der Waals surface area contributed by atoms with Gasteiger partial charge in [0, 0.05) is 0 Å². The van der Waals surface area contributed by atoms with Crippen molar-refractivity contribution in [3.63, 3.8) is 0 Å². The fourth-order valence-electron chi connectivity index (χ4n) is 2.83. The van der Waals surface area contributed by atoms with Crippen LogP contribution in [0.25, 0.3) is 0 Å². The van der Waals surface area contributed by atoms with Crippen LogP contribution in [0, 0.1) is 13.8 Å². The molecule has 112 valence electrons. The van der Waals surface area contributed by atoms with Gasteiger partial charge in [-0.2, -0.15) is 5.10 Å². The standard InChI is InChI=1S/C13H20N2O4S/c1-5-19-12(16)11-9(2)14-15(10(11)3)13(4)6-7-20(17,18)8-13/h5-8H2,1-4H3/t13-/m0/s1. The predicted molar refractivity (Wildman–Crippen MR) is 74.6 cm³/mol. The van der Waals surface area contributed by atoms with Crippen molar-refractivity contribution < 1.29 is 17.9 Å². The summed E-state index contributed by atoms with van der Waals surface area (Å²) in [6, 6.07) is 0. The minimum Gasteiger partial charge on any atom is -0.462 e. The molecule has 0 aromatic carbocycles. The lowest BCUT2D eigenvalue weighted by Crippen LogP contribution is -2.33. The van der Waals surface area contributed by atoms with Gasteiger partial charge in [0.1, 0.15) is 5.56 Å². The van der Waals surface area contributed by atoms with E-state index in [2.05, 4.69) is 5.10 Å². The number of hydrogen-bond acceptors (Lipinski definition) is 5. The Balaban J connectivity index is 2.45. The number of aryl methyl sites for hydroxylation is 1. The number of carbonyl (C=O) groups excluding carboxylic acids is 1. The molecule has 0 amide bonds. The quantitative estimate of drug-likeness (QED) is 0.784. The summed E-state index contributed by atoms with van der Waals surface area (Å²) in [7, 11) is -3.03. The third kappa shape index (κ3) is 2.46. The molecule has 1 aliphatic rings. The van der Waals surface area contributed by atoms with E-state index < -0.39 is 21.3 Å². The van der Waals surface area contributed by atoms with E-state index in [4.69, 9.17) is 4.74 Å². The second-order valence-corrected chi connectivity index (χ2v) is 7.70. The number of esters is 1. The lowest BCUT2D eigenvalue weighted by Gasteiger charge is -2.24. The summed E-state index contributed by atoms with van der Waals surface area (Å²) in [6.07, 6.45) is 0.513. The molecule has 2 rings (SSSR count). The molecule has 1 saturated heterocycles. The molecule has 0 radical (unpaired) electrons. The monoisotopic (exact) mass is 300 g/mol. The number of carbonyl (C=O) groups is 1. The number of rotatable bonds is 3. The highest BCUT2D eigenvalue weighted by Crippen LogP contribution is 2.32. The normalized spacial score (nSPS) is 24.8. The third-order valence-electron chi connectivity index (χ3n) is 3.76. The Morgan fingerprint density at radius 2 is 2.10 bits per heavy atom. The fraction of sp³-hybridized carbons (Fsp3) is 0.692. The van der Waals surface area contributed by atoms with Crippen LogP contribution < -0.4 is 0 Å². The Bertz CT molecular complexity index is 648. The molecule has 6 nitrogen and oxygen atoms in total. The topological polar surface area (TPSA) is 78.3 Å². The molecule has 1 aromatic heterocycles. The molecule has 1 fully saturated rings. The first kappa shape index (κ1) is 15.0. The lowest BCUT2D eigenvalue weighted by molar-refractivity contribution is 0.0524. The molecule has 20 heavy (non-hydrogen) atoms. The molecule has 0 spiro atoms. The Labute approximate surface area is 119 Å². The van der Waals surface area contributed by atoms with Gasteiger partial charge in [0.2, 0.25) is 0 Å². The zero-order valence-corrected chi connectivity index (χ0v) is 13.1. The van der Waals surface area contributed by atoms with E-state index in [1.165, 1.54) is 0 Å². The van der Waals surface area contributed by atoms with E-state index in [0.29, 0.717) is 30.0 Å². The van der Waals surface area contributed by atoms with Crippen LogP contribution in [0.4, 0.5) is 0 Å². The van der Waals surface area contributed by atoms with Gasteiger partial charge in [-0.3, -0.25) is 4.68 Å². The van der Waals surface area contributed by atoms with E-state index in [0.717, 1.165) is 0 Å². The Morgan fingerprint density at radius 1 is 1.45 bits per heavy atom. The second kappa shape index (κ2) is 4.87. The lowest BCUT2D eigenvalue weighted by atomic mass is 10.0. The molecule has 0 N–H and O–H groups in total. The van der Waals surface area contributed by atoms with Gasteiger partial charge in [-0.05, 0) is 34.1 Å². The second-order valence-electron chi connectivity index (χ2n) is 5.52. The summed E-state index contributed by atoms with van der Waals surface area (Å²) in [4.78, 5) is 12.0. The van der Waals surface area contributed by atoms with Crippen molar-refractivity contribution in [3.8, 4) is 0 Å². The van der Waals surface area contributed by atoms with Gasteiger partial charge >= 0.3 is 5.97 Å². The van der Waals surface area contributed by atoms with E-state index >= 15 is 0 Å². The highest BCUT2D eigenvalue weighted by molar-refractivity contribution is 7.91. The molecule has 2 heterocycles. The molecule has 0 unspecified atom stereocenters. The summed E-state index contributed by atoms with van der Waals surface area (Å²) >= 11 is 0. The predicted octanol–water partition coefficient (Wildman–Crippen LogP) is 1.21. The SMILES string of the molecule is CCOC(=O)c1c(C)nn([C@@]2(C)CCS(=O)(=O)C2)c1C. The Morgan fingerprint density at radius 3 is 2.60 bits per heavy atom. The van der Waals surface area contributed by atoms with Crippen LogP contribution in [0.2, 0.25) is 0 Å². The Kier molecular flexibility index (Phi) is 3.66. The van der Waals surface area contributed by atoms with Gasteiger partial charge in [-0.1, -0.05) is 0 Å². The first-order chi connectivity index (χ1) is 9.20. The van der Waals surface area contributed by atoms with Crippen LogP contribution in [0.5, 0.6) is 0 Å². The Hall–Kier alpha value is -1.37. The number of ether oxygens (including phenoxy) is 1. The van der Waals surface area contributed by atoms with Crippen LogP contribution in [0.1, 0.15) is 42.0 Å². The van der Waals surface area contributed by atoms with Crippen LogP contribution in [0.3, 0.4) is 0 Å². The molecule has 0 aliphatic carbocycles. The van der Waals surface area contributed by atoms with Crippen LogP contribution in [0.15, 0.2) is 0 Å². The molecule has 0 saturated carbocycles. The van der Waals surface area contributed by atoms with Crippen LogP contribution in [-0.4, -0.2) is 42.3 Å². The molecule has 0 bridgehead atoms. The van der Waals surface area contributed by atoms with Crippen molar-refractivity contribution in [1.29, 1.82) is 0 Å². The number of sulfone groups is 1. The maximum atomic E-state index is 12.0. The average Bonchev–Trinajstić information content (AvgIpc) is 2.77. The van der Waals surface area contributed by atoms with Gasteiger partial charge in [-0.25, -0.2) is 13.2 Å². The van der Waals surface area contributed by atoms with Crippen molar-refractivity contribution in [3.05, 3.63) is 17.0 Å². The summed E-state index contributed by atoms with van der Waals surface area (Å²) < 4.78 is 30.2. The minimum atomic E-state index is -3.03. The van der Waals surface area contributed by atoms with E-state index in [9.17, 15) is 13.2 Å².